The van der Waals surface area contributed by atoms with Crippen LogP contribution in [0.3, 0.4) is 0 Å². The summed E-state index contributed by atoms with van der Waals surface area (Å²) >= 11 is 0. The fourth-order valence-electron chi connectivity index (χ4n) is 1.68. The van der Waals surface area contributed by atoms with Crippen LogP contribution in [-0.4, -0.2) is 23.7 Å². The number of anilines is 1. The van der Waals surface area contributed by atoms with Crippen molar-refractivity contribution in [2.75, 3.05) is 12.3 Å². The third-order valence-electron chi connectivity index (χ3n) is 3.44. The second kappa shape index (κ2) is 6.06. The molecule has 0 aliphatic heterocycles. The van der Waals surface area contributed by atoms with Gasteiger partial charge < -0.3 is 16.2 Å². The van der Waals surface area contributed by atoms with Crippen molar-refractivity contribution < 1.29 is 9.90 Å². The highest BCUT2D eigenvalue weighted by atomic mass is 16.3. The molecule has 0 saturated heterocycles. The van der Waals surface area contributed by atoms with Gasteiger partial charge in [0.25, 0.3) is 0 Å². The third-order valence-corrected chi connectivity index (χ3v) is 3.44. The van der Waals surface area contributed by atoms with E-state index in [1.165, 1.54) is 0 Å². The number of nitrogen functional groups attached to an aromatic ring is 1. The Morgan fingerprint density at radius 1 is 1.32 bits per heavy atom. The number of hydrogen-bond acceptors (Lipinski definition) is 3. The second-order valence-electron chi connectivity index (χ2n) is 5.77. The smallest absolute Gasteiger partial charge is 0.230 e. The molecule has 4 N–H and O–H groups in total. The fraction of sp³-hybridized carbons (Fsp3) is 0.533. The number of benzene rings is 1. The summed E-state index contributed by atoms with van der Waals surface area (Å²) in [6.07, 6.45) is -0.522. The molecule has 1 rings (SSSR count). The first-order valence-electron chi connectivity index (χ1n) is 6.57. The Hall–Kier alpha value is -1.55. The monoisotopic (exact) mass is 264 g/mol. The first kappa shape index (κ1) is 15.5. The molecule has 0 fully saturated rings. The summed E-state index contributed by atoms with van der Waals surface area (Å²) in [6, 6.07) is 7.28. The summed E-state index contributed by atoms with van der Waals surface area (Å²) in [4.78, 5) is 12.2. The topological polar surface area (TPSA) is 75.3 Å². The molecule has 4 nitrogen and oxygen atoms in total. The van der Waals surface area contributed by atoms with Crippen molar-refractivity contribution in [3.63, 3.8) is 0 Å². The van der Waals surface area contributed by atoms with Crippen molar-refractivity contribution in [1.82, 2.24) is 5.32 Å². The van der Waals surface area contributed by atoms with E-state index in [2.05, 4.69) is 5.32 Å². The Morgan fingerprint density at radius 3 is 2.32 bits per heavy atom. The zero-order valence-electron chi connectivity index (χ0n) is 12.1. The third kappa shape index (κ3) is 3.96. The molecule has 0 saturated carbocycles. The minimum absolute atomic E-state index is 0.100. The molecule has 0 heterocycles. The summed E-state index contributed by atoms with van der Waals surface area (Å²) in [5.41, 5.74) is 6.57. The lowest BCUT2D eigenvalue weighted by Gasteiger charge is -2.25. The molecule has 1 atom stereocenters. The van der Waals surface area contributed by atoms with E-state index in [9.17, 15) is 9.90 Å². The molecule has 0 spiro atoms. The van der Waals surface area contributed by atoms with Crippen LogP contribution < -0.4 is 11.1 Å². The number of carbonyl (C=O) groups is 1. The van der Waals surface area contributed by atoms with Crippen LogP contribution in [-0.2, 0) is 10.2 Å². The summed E-state index contributed by atoms with van der Waals surface area (Å²) in [5.74, 6) is 0.0249. The normalized spacial score (nSPS) is 13.4. The highest BCUT2D eigenvalue weighted by Gasteiger charge is 2.29. The molecule has 106 valence electrons. The van der Waals surface area contributed by atoms with Crippen LogP contribution in [0.1, 0.15) is 33.3 Å². The molecule has 1 amide bonds. The van der Waals surface area contributed by atoms with Gasteiger partial charge in [-0.3, -0.25) is 4.79 Å². The Kier molecular flexibility index (Phi) is 4.95. The van der Waals surface area contributed by atoms with Gasteiger partial charge in [-0.15, -0.1) is 0 Å². The highest BCUT2D eigenvalue weighted by molar-refractivity contribution is 5.87. The van der Waals surface area contributed by atoms with Crippen LogP contribution in [0.15, 0.2) is 24.3 Å². The molecule has 0 aliphatic rings. The van der Waals surface area contributed by atoms with E-state index in [0.717, 1.165) is 5.56 Å². The molecule has 0 radical (unpaired) electrons. The van der Waals surface area contributed by atoms with E-state index in [1.54, 1.807) is 12.1 Å². The van der Waals surface area contributed by atoms with Gasteiger partial charge in [-0.25, -0.2) is 0 Å². The quantitative estimate of drug-likeness (QED) is 0.708. The van der Waals surface area contributed by atoms with Crippen LogP contribution in [0, 0.1) is 5.92 Å². The predicted octanol–water partition coefficient (Wildman–Crippen LogP) is 1.68. The highest BCUT2D eigenvalue weighted by Crippen LogP contribution is 2.24. The first-order chi connectivity index (χ1) is 8.75. The lowest BCUT2D eigenvalue weighted by atomic mass is 9.83. The SMILES string of the molecule is CC(C)C(O)CNC(=O)C(C)(C)c1ccc(N)cc1. The van der Waals surface area contributed by atoms with Crippen LogP contribution in [0.4, 0.5) is 5.69 Å². The maximum atomic E-state index is 12.2. The molecule has 19 heavy (non-hydrogen) atoms. The number of rotatable bonds is 5. The average molecular weight is 264 g/mol. The Morgan fingerprint density at radius 2 is 1.84 bits per heavy atom. The van der Waals surface area contributed by atoms with Gasteiger partial charge in [0.15, 0.2) is 0 Å². The number of aliphatic hydroxyl groups is 1. The minimum Gasteiger partial charge on any atom is -0.399 e. The standard InChI is InChI=1S/C15H24N2O2/c1-10(2)13(18)9-17-14(19)15(3,4)11-5-7-12(16)8-6-11/h5-8,10,13,18H,9,16H2,1-4H3,(H,17,19). The van der Waals surface area contributed by atoms with Crippen molar-refractivity contribution >= 4 is 11.6 Å². The number of carbonyl (C=O) groups excluding carboxylic acids is 1. The lowest BCUT2D eigenvalue weighted by molar-refractivity contribution is -0.126. The Balaban J connectivity index is 2.71. The van der Waals surface area contributed by atoms with Gasteiger partial charge in [0.1, 0.15) is 0 Å². The number of amides is 1. The Labute approximate surface area is 115 Å². The first-order valence-corrected chi connectivity index (χ1v) is 6.57. The van der Waals surface area contributed by atoms with Gasteiger partial charge in [0, 0.05) is 12.2 Å². The largest absolute Gasteiger partial charge is 0.399 e. The zero-order valence-corrected chi connectivity index (χ0v) is 12.1. The van der Waals surface area contributed by atoms with Crippen molar-refractivity contribution in [2.45, 2.75) is 39.2 Å². The van der Waals surface area contributed by atoms with E-state index in [4.69, 9.17) is 5.73 Å². The van der Waals surface area contributed by atoms with Crippen LogP contribution in [0.2, 0.25) is 0 Å². The fourth-order valence-corrected chi connectivity index (χ4v) is 1.68. The van der Waals surface area contributed by atoms with Gasteiger partial charge in [0.05, 0.1) is 11.5 Å². The molecule has 1 aromatic rings. The van der Waals surface area contributed by atoms with Crippen molar-refractivity contribution in [1.29, 1.82) is 0 Å². The predicted molar refractivity (Wildman–Crippen MR) is 77.7 cm³/mol. The molecular formula is C15H24N2O2. The molecule has 4 heteroatoms. The number of aliphatic hydroxyl groups excluding tert-OH is 1. The maximum absolute atomic E-state index is 12.2. The van der Waals surface area contributed by atoms with Gasteiger partial charge in [-0.2, -0.15) is 0 Å². The number of hydrogen-bond donors (Lipinski definition) is 3. The van der Waals surface area contributed by atoms with E-state index in [1.807, 2.05) is 39.8 Å². The maximum Gasteiger partial charge on any atom is 0.230 e. The van der Waals surface area contributed by atoms with E-state index in [-0.39, 0.29) is 18.4 Å². The van der Waals surface area contributed by atoms with Crippen molar-refractivity contribution in [2.24, 2.45) is 5.92 Å². The zero-order chi connectivity index (χ0) is 14.6. The van der Waals surface area contributed by atoms with Gasteiger partial charge in [-0.05, 0) is 37.5 Å². The van der Waals surface area contributed by atoms with Gasteiger partial charge >= 0.3 is 0 Å². The second-order valence-corrected chi connectivity index (χ2v) is 5.77. The van der Waals surface area contributed by atoms with Crippen molar-refractivity contribution in [3.05, 3.63) is 29.8 Å². The Bertz CT molecular complexity index is 424. The average Bonchev–Trinajstić information content (AvgIpc) is 2.35. The van der Waals surface area contributed by atoms with E-state index < -0.39 is 11.5 Å². The molecule has 0 bridgehead atoms. The summed E-state index contributed by atoms with van der Waals surface area (Å²) in [6.45, 7) is 7.82. The molecule has 0 aliphatic carbocycles. The number of nitrogens with two attached hydrogens (primary N) is 1. The minimum atomic E-state index is -0.648. The van der Waals surface area contributed by atoms with Crippen LogP contribution >= 0.6 is 0 Å². The van der Waals surface area contributed by atoms with Gasteiger partial charge in [0.2, 0.25) is 5.91 Å². The van der Waals surface area contributed by atoms with Crippen LogP contribution in [0.5, 0.6) is 0 Å². The summed E-state index contributed by atoms with van der Waals surface area (Å²) < 4.78 is 0. The molecule has 0 aromatic heterocycles. The number of nitrogens with one attached hydrogen (secondary N) is 1. The lowest BCUT2D eigenvalue weighted by Crippen LogP contribution is -2.44. The molecule has 1 aromatic carbocycles. The summed E-state index contributed by atoms with van der Waals surface area (Å²) in [7, 11) is 0. The summed E-state index contributed by atoms with van der Waals surface area (Å²) in [5, 5.41) is 12.5. The van der Waals surface area contributed by atoms with Crippen LogP contribution in [0.25, 0.3) is 0 Å². The van der Waals surface area contributed by atoms with Crippen molar-refractivity contribution in [3.8, 4) is 0 Å². The molecule has 1 unspecified atom stereocenters. The van der Waals surface area contributed by atoms with E-state index in [0.29, 0.717) is 5.69 Å². The van der Waals surface area contributed by atoms with E-state index >= 15 is 0 Å². The van der Waals surface area contributed by atoms with Gasteiger partial charge in [-0.1, -0.05) is 26.0 Å². The molecular weight excluding hydrogens is 240 g/mol.